The van der Waals surface area contributed by atoms with Crippen LogP contribution >= 0.6 is 0 Å². The van der Waals surface area contributed by atoms with E-state index >= 15 is 0 Å². The smallest absolute Gasteiger partial charge is 0.135 e. The molecular formula is C20H24N2O2. The SMILES string of the molecule is Cc1cc(C)cc(OCCCCn2c(CO)nc3ccccc32)c1. The average molecular weight is 324 g/mol. The molecule has 3 rings (SSSR count). The maximum absolute atomic E-state index is 9.51. The summed E-state index contributed by atoms with van der Waals surface area (Å²) < 4.78 is 7.96. The monoisotopic (exact) mass is 324 g/mol. The fourth-order valence-electron chi connectivity index (χ4n) is 3.07. The number of aliphatic hydroxyl groups excluding tert-OH is 1. The maximum Gasteiger partial charge on any atom is 0.135 e. The molecule has 0 unspecified atom stereocenters. The van der Waals surface area contributed by atoms with Crippen molar-refractivity contribution in [1.82, 2.24) is 9.55 Å². The number of hydrogen-bond donors (Lipinski definition) is 1. The van der Waals surface area contributed by atoms with Crippen molar-refractivity contribution in [2.75, 3.05) is 6.61 Å². The molecule has 2 aromatic carbocycles. The van der Waals surface area contributed by atoms with E-state index in [4.69, 9.17) is 4.74 Å². The number of imidazole rings is 1. The molecule has 1 aromatic heterocycles. The Kier molecular flexibility index (Phi) is 5.16. The summed E-state index contributed by atoms with van der Waals surface area (Å²) in [6, 6.07) is 14.3. The molecule has 0 aliphatic heterocycles. The second-order valence-electron chi connectivity index (χ2n) is 6.21. The summed E-state index contributed by atoms with van der Waals surface area (Å²) in [5, 5.41) is 9.51. The first-order valence-corrected chi connectivity index (χ1v) is 8.43. The first-order chi connectivity index (χ1) is 11.7. The van der Waals surface area contributed by atoms with Crippen LogP contribution in [0.15, 0.2) is 42.5 Å². The Morgan fingerprint density at radius 2 is 1.79 bits per heavy atom. The van der Waals surface area contributed by atoms with E-state index < -0.39 is 0 Å². The summed E-state index contributed by atoms with van der Waals surface area (Å²) in [4.78, 5) is 4.48. The van der Waals surface area contributed by atoms with Crippen molar-refractivity contribution >= 4 is 11.0 Å². The van der Waals surface area contributed by atoms with Crippen molar-refractivity contribution in [2.45, 2.75) is 39.8 Å². The van der Waals surface area contributed by atoms with Gasteiger partial charge in [0.2, 0.25) is 0 Å². The van der Waals surface area contributed by atoms with E-state index in [1.54, 1.807) is 0 Å². The van der Waals surface area contributed by atoms with Crippen LogP contribution in [0.4, 0.5) is 0 Å². The van der Waals surface area contributed by atoms with Gasteiger partial charge >= 0.3 is 0 Å². The van der Waals surface area contributed by atoms with Crippen LogP contribution in [0.2, 0.25) is 0 Å². The van der Waals surface area contributed by atoms with E-state index in [-0.39, 0.29) is 6.61 Å². The minimum absolute atomic E-state index is 0.0340. The highest BCUT2D eigenvalue weighted by molar-refractivity contribution is 5.75. The number of benzene rings is 2. The molecule has 0 saturated carbocycles. The fraction of sp³-hybridized carbons (Fsp3) is 0.350. The first kappa shape index (κ1) is 16.5. The fourth-order valence-corrected chi connectivity index (χ4v) is 3.07. The van der Waals surface area contributed by atoms with Crippen LogP contribution in [-0.2, 0) is 13.2 Å². The number of ether oxygens (including phenoxy) is 1. The zero-order chi connectivity index (χ0) is 16.9. The van der Waals surface area contributed by atoms with Crippen molar-refractivity contribution in [2.24, 2.45) is 0 Å². The van der Waals surface area contributed by atoms with Gasteiger partial charge in [0.25, 0.3) is 0 Å². The quantitative estimate of drug-likeness (QED) is 0.668. The summed E-state index contributed by atoms with van der Waals surface area (Å²) in [7, 11) is 0. The molecule has 126 valence electrons. The van der Waals surface area contributed by atoms with Crippen LogP contribution in [0.3, 0.4) is 0 Å². The molecule has 3 aromatic rings. The lowest BCUT2D eigenvalue weighted by Crippen LogP contribution is -2.06. The lowest BCUT2D eigenvalue weighted by Gasteiger charge is -2.10. The highest BCUT2D eigenvalue weighted by atomic mass is 16.5. The topological polar surface area (TPSA) is 47.3 Å². The molecule has 0 saturated heterocycles. The van der Waals surface area contributed by atoms with Crippen LogP contribution < -0.4 is 4.74 Å². The van der Waals surface area contributed by atoms with E-state index in [9.17, 15) is 5.11 Å². The van der Waals surface area contributed by atoms with Gasteiger partial charge < -0.3 is 14.4 Å². The van der Waals surface area contributed by atoms with Crippen LogP contribution in [-0.4, -0.2) is 21.3 Å². The third kappa shape index (κ3) is 3.77. The van der Waals surface area contributed by atoms with Gasteiger partial charge in [-0.25, -0.2) is 4.98 Å². The van der Waals surface area contributed by atoms with Crippen LogP contribution in [0, 0.1) is 13.8 Å². The molecule has 0 aliphatic rings. The standard InChI is InChI=1S/C20H24N2O2/c1-15-11-16(2)13-17(12-15)24-10-6-5-9-22-19-8-4-3-7-18(19)21-20(22)14-23/h3-4,7-8,11-13,23H,5-6,9-10,14H2,1-2H3. The molecule has 24 heavy (non-hydrogen) atoms. The van der Waals surface area contributed by atoms with Gasteiger partial charge in [0.1, 0.15) is 18.2 Å². The number of rotatable bonds is 7. The highest BCUT2D eigenvalue weighted by Crippen LogP contribution is 2.18. The van der Waals surface area contributed by atoms with E-state index in [2.05, 4.69) is 41.6 Å². The molecule has 0 bridgehead atoms. The Morgan fingerprint density at radius 1 is 1.04 bits per heavy atom. The molecule has 0 amide bonds. The Morgan fingerprint density at radius 3 is 2.54 bits per heavy atom. The predicted molar refractivity (Wildman–Crippen MR) is 96.3 cm³/mol. The average Bonchev–Trinajstić information content (AvgIpc) is 2.91. The van der Waals surface area contributed by atoms with Gasteiger partial charge in [-0.15, -0.1) is 0 Å². The van der Waals surface area contributed by atoms with Gasteiger partial charge in [-0.2, -0.15) is 0 Å². The maximum atomic E-state index is 9.51. The molecular weight excluding hydrogens is 300 g/mol. The van der Waals surface area contributed by atoms with Crippen LogP contribution in [0.5, 0.6) is 5.75 Å². The van der Waals surface area contributed by atoms with Gasteiger partial charge in [-0.3, -0.25) is 0 Å². The van der Waals surface area contributed by atoms with Gasteiger partial charge in [-0.1, -0.05) is 18.2 Å². The zero-order valence-electron chi connectivity index (χ0n) is 14.3. The largest absolute Gasteiger partial charge is 0.494 e. The number of aliphatic hydroxyl groups is 1. The molecule has 4 nitrogen and oxygen atoms in total. The van der Waals surface area contributed by atoms with Crippen molar-refractivity contribution in [3.8, 4) is 5.75 Å². The molecule has 0 atom stereocenters. The third-order valence-corrected chi connectivity index (χ3v) is 4.12. The summed E-state index contributed by atoms with van der Waals surface area (Å²) in [6.45, 7) is 5.67. The number of aryl methyl sites for hydroxylation is 3. The summed E-state index contributed by atoms with van der Waals surface area (Å²) >= 11 is 0. The van der Waals surface area contributed by atoms with Crippen LogP contribution in [0.25, 0.3) is 11.0 Å². The second kappa shape index (κ2) is 7.49. The highest BCUT2D eigenvalue weighted by Gasteiger charge is 2.08. The molecule has 4 heteroatoms. The summed E-state index contributed by atoms with van der Waals surface area (Å²) in [5.74, 6) is 1.67. The van der Waals surface area contributed by atoms with Gasteiger partial charge in [0.05, 0.1) is 17.6 Å². The minimum atomic E-state index is -0.0340. The van der Waals surface area contributed by atoms with Gasteiger partial charge in [0.15, 0.2) is 0 Å². The minimum Gasteiger partial charge on any atom is -0.494 e. The summed E-state index contributed by atoms with van der Waals surface area (Å²) in [6.07, 6.45) is 1.95. The lowest BCUT2D eigenvalue weighted by molar-refractivity contribution is 0.263. The van der Waals surface area contributed by atoms with Crippen molar-refractivity contribution in [1.29, 1.82) is 0 Å². The molecule has 1 heterocycles. The molecule has 0 radical (unpaired) electrons. The van der Waals surface area contributed by atoms with E-state index in [1.165, 1.54) is 11.1 Å². The Balaban J connectivity index is 1.55. The number of hydrogen-bond acceptors (Lipinski definition) is 3. The first-order valence-electron chi connectivity index (χ1n) is 8.43. The zero-order valence-corrected chi connectivity index (χ0v) is 14.3. The normalized spacial score (nSPS) is 11.1. The van der Waals surface area contributed by atoms with Crippen molar-refractivity contribution in [3.05, 3.63) is 59.4 Å². The second-order valence-corrected chi connectivity index (χ2v) is 6.21. The Bertz CT molecular complexity index is 803. The molecule has 0 spiro atoms. The van der Waals surface area contributed by atoms with Gasteiger partial charge in [-0.05, 0) is 62.1 Å². The number of para-hydroxylation sites is 2. The molecule has 0 aliphatic carbocycles. The number of nitrogens with zero attached hydrogens (tertiary/aromatic N) is 2. The number of fused-ring (bicyclic) bond motifs is 1. The molecule has 1 N–H and O–H groups in total. The van der Waals surface area contributed by atoms with E-state index in [1.807, 2.05) is 24.3 Å². The molecule has 0 fully saturated rings. The number of unbranched alkanes of at least 4 members (excludes halogenated alkanes) is 1. The van der Waals surface area contributed by atoms with E-state index in [0.29, 0.717) is 6.61 Å². The van der Waals surface area contributed by atoms with Crippen molar-refractivity contribution in [3.63, 3.8) is 0 Å². The van der Waals surface area contributed by atoms with Gasteiger partial charge in [0, 0.05) is 6.54 Å². The summed E-state index contributed by atoms with van der Waals surface area (Å²) in [5.41, 5.74) is 4.47. The van der Waals surface area contributed by atoms with E-state index in [0.717, 1.165) is 42.0 Å². The van der Waals surface area contributed by atoms with Crippen molar-refractivity contribution < 1.29 is 9.84 Å². The Labute approximate surface area is 142 Å². The predicted octanol–water partition coefficient (Wildman–Crippen LogP) is 4.00. The number of aromatic nitrogens is 2. The Hall–Kier alpha value is -2.33. The van der Waals surface area contributed by atoms with Crippen LogP contribution in [0.1, 0.15) is 29.8 Å². The third-order valence-electron chi connectivity index (χ3n) is 4.12. The lowest BCUT2D eigenvalue weighted by atomic mass is 10.1.